The average Bonchev–Trinajstić information content (AvgIpc) is 2.48. The monoisotopic (exact) mass is 294 g/mol. The third-order valence-corrected chi connectivity index (χ3v) is 2.95. The highest BCUT2D eigenvalue weighted by molar-refractivity contribution is 5.99. The van der Waals surface area contributed by atoms with Crippen molar-refractivity contribution >= 4 is 11.6 Å². The van der Waals surface area contributed by atoms with E-state index < -0.39 is 23.4 Å². The van der Waals surface area contributed by atoms with E-state index >= 15 is 0 Å². The highest BCUT2D eigenvalue weighted by atomic mass is 19.2. The molecule has 0 aliphatic carbocycles. The first-order valence-corrected chi connectivity index (χ1v) is 6.21. The fourth-order valence-corrected chi connectivity index (χ4v) is 1.89. The Kier molecular flexibility index (Phi) is 4.47. The number of rotatable bonds is 4. The summed E-state index contributed by atoms with van der Waals surface area (Å²) in [6, 6.07) is 7.47. The first-order chi connectivity index (χ1) is 10.0. The lowest BCUT2D eigenvalue weighted by Crippen LogP contribution is -2.24. The molecule has 1 amide bonds. The Hall–Kier alpha value is -2.50. The number of anilines is 1. The van der Waals surface area contributed by atoms with Crippen molar-refractivity contribution in [3.8, 4) is 0 Å². The van der Waals surface area contributed by atoms with E-state index in [4.69, 9.17) is 0 Å². The molecule has 3 nitrogen and oxygen atoms in total. The summed E-state index contributed by atoms with van der Waals surface area (Å²) in [4.78, 5) is 12.0. The zero-order valence-corrected chi connectivity index (χ0v) is 11.2. The molecule has 2 N–H and O–H groups in total. The molecule has 0 saturated carbocycles. The van der Waals surface area contributed by atoms with Crippen LogP contribution in [0.25, 0.3) is 0 Å². The normalized spacial score (nSPS) is 10.3. The first kappa shape index (κ1) is 14.9. The summed E-state index contributed by atoms with van der Waals surface area (Å²) in [5.74, 6) is -2.99. The molecule has 0 aliphatic heterocycles. The van der Waals surface area contributed by atoms with Crippen molar-refractivity contribution in [1.82, 2.24) is 5.32 Å². The highest BCUT2D eigenvalue weighted by Crippen LogP contribution is 2.19. The van der Waals surface area contributed by atoms with Crippen LogP contribution < -0.4 is 10.6 Å². The van der Waals surface area contributed by atoms with Crippen molar-refractivity contribution in [2.24, 2.45) is 0 Å². The number of benzene rings is 2. The van der Waals surface area contributed by atoms with Gasteiger partial charge in [-0.1, -0.05) is 12.1 Å². The summed E-state index contributed by atoms with van der Waals surface area (Å²) >= 11 is 0. The predicted octanol–water partition coefficient (Wildman–Crippen LogP) is 3.08. The molecule has 0 radical (unpaired) electrons. The van der Waals surface area contributed by atoms with E-state index in [0.717, 1.165) is 12.1 Å². The number of carbonyl (C=O) groups is 1. The minimum atomic E-state index is -0.983. The molecule has 0 saturated heterocycles. The van der Waals surface area contributed by atoms with Gasteiger partial charge in [-0.15, -0.1) is 0 Å². The molecule has 0 heterocycles. The molecule has 0 spiro atoms. The van der Waals surface area contributed by atoms with Gasteiger partial charge in [-0.25, -0.2) is 13.2 Å². The molecular weight excluding hydrogens is 281 g/mol. The number of carbonyl (C=O) groups excluding carboxylic acids is 1. The standard InChI is InChI=1S/C15H13F3N2O/c1-19-14-10(3-2-4-12(14)17)15(21)20-8-9-5-6-11(16)13(18)7-9/h2-7,19H,8H2,1H3,(H,20,21). The lowest BCUT2D eigenvalue weighted by molar-refractivity contribution is 0.0951. The second kappa shape index (κ2) is 6.30. The summed E-state index contributed by atoms with van der Waals surface area (Å²) in [5, 5.41) is 5.14. The van der Waals surface area contributed by atoms with Crippen LogP contribution in [0.5, 0.6) is 0 Å². The number of halogens is 3. The van der Waals surface area contributed by atoms with Gasteiger partial charge in [0.25, 0.3) is 5.91 Å². The van der Waals surface area contributed by atoms with E-state index in [1.807, 2.05) is 0 Å². The molecule has 2 aromatic rings. The van der Waals surface area contributed by atoms with E-state index in [1.54, 1.807) is 0 Å². The highest BCUT2D eigenvalue weighted by Gasteiger charge is 2.14. The molecule has 0 atom stereocenters. The Morgan fingerprint density at radius 3 is 2.48 bits per heavy atom. The number of hydrogen-bond donors (Lipinski definition) is 2. The zero-order chi connectivity index (χ0) is 15.4. The van der Waals surface area contributed by atoms with Crippen LogP contribution in [0, 0.1) is 17.5 Å². The average molecular weight is 294 g/mol. The number of para-hydroxylation sites is 1. The second-order valence-electron chi connectivity index (χ2n) is 4.34. The maximum atomic E-state index is 13.5. The van der Waals surface area contributed by atoms with Crippen molar-refractivity contribution in [2.45, 2.75) is 6.54 Å². The lowest BCUT2D eigenvalue weighted by atomic mass is 10.1. The van der Waals surface area contributed by atoms with Gasteiger partial charge in [0.2, 0.25) is 0 Å². The Bertz CT molecular complexity index is 674. The maximum absolute atomic E-state index is 13.5. The van der Waals surface area contributed by atoms with Crippen molar-refractivity contribution in [2.75, 3.05) is 12.4 Å². The minimum absolute atomic E-state index is 0.00962. The van der Waals surface area contributed by atoms with Gasteiger partial charge in [0.1, 0.15) is 5.82 Å². The molecule has 0 fully saturated rings. The van der Waals surface area contributed by atoms with Gasteiger partial charge in [0.05, 0.1) is 11.3 Å². The SMILES string of the molecule is CNc1c(F)cccc1C(=O)NCc1ccc(F)c(F)c1. The molecule has 0 unspecified atom stereocenters. The van der Waals surface area contributed by atoms with Gasteiger partial charge in [-0.2, -0.15) is 0 Å². The van der Waals surface area contributed by atoms with Gasteiger partial charge < -0.3 is 10.6 Å². The third-order valence-electron chi connectivity index (χ3n) is 2.95. The molecular formula is C15H13F3N2O. The fourth-order valence-electron chi connectivity index (χ4n) is 1.89. The maximum Gasteiger partial charge on any atom is 0.253 e. The summed E-state index contributed by atoms with van der Waals surface area (Å²) in [5.41, 5.74) is 0.630. The van der Waals surface area contributed by atoms with Crippen LogP contribution in [-0.4, -0.2) is 13.0 Å². The molecule has 0 bridgehead atoms. The van der Waals surface area contributed by atoms with Crippen molar-refractivity contribution in [1.29, 1.82) is 0 Å². The van der Waals surface area contributed by atoms with Crippen LogP contribution in [0.3, 0.4) is 0 Å². The van der Waals surface area contributed by atoms with Gasteiger partial charge in [0.15, 0.2) is 11.6 Å². The van der Waals surface area contributed by atoms with E-state index in [9.17, 15) is 18.0 Å². The Morgan fingerprint density at radius 2 is 1.81 bits per heavy atom. The van der Waals surface area contributed by atoms with E-state index in [1.165, 1.54) is 31.3 Å². The van der Waals surface area contributed by atoms with Gasteiger partial charge in [-0.05, 0) is 29.8 Å². The predicted molar refractivity (Wildman–Crippen MR) is 73.5 cm³/mol. The Morgan fingerprint density at radius 1 is 1.05 bits per heavy atom. The molecule has 2 rings (SSSR count). The topological polar surface area (TPSA) is 41.1 Å². The molecule has 21 heavy (non-hydrogen) atoms. The fraction of sp³-hybridized carbons (Fsp3) is 0.133. The van der Waals surface area contributed by atoms with E-state index in [2.05, 4.69) is 10.6 Å². The van der Waals surface area contributed by atoms with Gasteiger partial charge in [0, 0.05) is 13.6 Å². The van der Waals surface area contributed by atoms with Gasteiger partial charge >= 0.3 is 0 Å². The summed E-state index contributed by atoms with van der Waals surface area (Å²) in [6.45, 7) is 0.00962. The Balaban J connectivity index is 2.12. The van der Waals surface area contributed by atoms with E-state index in [-0.39, 0.29) is 17.8 Å². The summed E-state index contributed by atoms with van der Waals surface area (Å²) in [6.07, 6.45) is 0. The van der Waals surface area contributed by atoms with Crippen molar-refractivity contribution < 1.29 is 18.0 Å². The van der Waals surface area contributed by atoms with E-state index in [0.29, 0.717) is 5.56 Å². The quantitative estimate of drug-likeness (QED) is 0.910. The molecule has 110 valence electrons. The summed E-state index contributed by atoms with van der Waals surface area (Å²) in [7, 11) is 1.50. The molecule has 0 aromatic heterocycles. The second-order valence-corrected chi connectivity index (χ2v) is 4.34. The molecule has 2 aromatic carbocycles. The number of hydrogen-bond acceptors (Lipinski definition) is 2. The number of amides is 1. The first-order valence-electron chi connectivity index (χ1n) is 6.21. The van der Waals surface area contributed by atoms with Crippen molar-refractivity contribution in [3.63, 3.8) is 0 Å². The lowest BCUT2D eigenvalue weighted by Gasteiger charge is -2.10. The zero-order valence-electron chi connectivity index (χ0n) is 11.2. The third kappa shape index (κ3) is 3.34. The van der Waals surface area contributed by atoms with Crippen LogP contribution in [0.1, 0.15) is 15.9 Å². The van der Waals surface area contributed by atoms with Crippen LogP contribution in [0.15, 0.2) is 36.4 Å². The Labute approximate surface area is 119 Å². The van der Waals surface area contributed by atoms with Crippen LogP contribution in [-0.2, 0) is 6.54 Å². The number of nitrogens with one attached hydrogen (secondary N) is 2. The van der Waals surface area contributed by atoms with Crippen LogP contribution >= 0.6 is 0 Å². The molecule has 6 heteroatoms. The van der Waals surface area contributed by atoms with Crippen LogP contribution in [0.2, 0.25) is 0 Å². The minimum Gasteiger partial charge on any atom is -0.385 e. The smallest absolute Gasteiger partial charge is 0.253 e. The van der Waals surface area contributed by atoms with Crippen LogP contribution in [0.4, 0.5) is 18.9 Å². The molecule has 0 aliphatic rings. The van der Waals surface area contributed by atoms with Crippen molar-refractivity contribution in [3.05, 3.63) is 65.0 Å². The summed E-state index contributed by atoms with van der Waals surface area (Å²) < 4.78 is 39.4. The van der Waals surface area contributed by atoms with Gasteiger partial charge in [-0.3, -0.25) is 4.79 Å². The largest absolute Gasteiger partial charge is 0.385 e.